The average molecular weight is 345 g/mol. The third-order valence-electron chi connectivity index (χ3n) is 5.82. The van der Waals surface area contributed by atoms with E-state index in [4.69, 9.17) is 0 Å². The lowest BCUT2D eigenvalue weighted by atomic mass is 9.88. The van der Waals surface area contributed by atoms with Gasteiger partial charge in [-0.05, 0) is 56.8 Å². The van der Waals surface area contributed by atoms with E-state index >= 15 is 0 Å². The number of nitrogens with zero attached hydrogens (tertiary/aromatic N) is 2. The Kier molecular flexibility index (Phi) is 5.11. The highest BCUT2D eigenvalue weighted by molar-refractivity contribution is 5.85. The molecule has 1 saturated carbocycles. The second-order valence-electron chi connectivity index (χ2n) is 7.23. The number of benzene rings is 1. The Balaban J connectivity index is 1.72. The van der Waals surface area contributed by atoms with Crippen LogP contribution in [0, 0.1) is 0 Å². The largest absolute Gasteiger partial charge is 0.508 e. The summed E-state index contributed by atoms with van der Waals surface area (Å²) in [5, 5.41) is 12.6. The van der Waals surface area contributed by atoms with Gasteiger partial charge in [-0.2, -0.15) is 0 Å². The Labute approximate surface area is 148 Å². The van der Waals surface area contributed by atoms with Gasteiger partial charge in [0.05, 0.1) is 11.7 Å². The number of phenols is 1. The summed E-state index contributed by atoms with van der Waals surface area (Å²) in [4.78, 5) is 28.4. The maximum Gasteiger partial charge on any atom is 0.256 e. The molecule has 3 rings (SSSR count). The number of nitrogens with one attached hydrogen (secondary N) is 1. The highest BCUT2D eigenvalue weighted by Crippen LogP contribution is 2.40. The molecular formula is C19H27N3O3. The van der Waals surface area contributed by atoms with Crippen LogP contribution in [0.3, 0.4) is 0 Å². The van der Waals surface area contributed by atoms with Gasteiger partial charge < -0.3 is 14.8 Å². The van der Waals surface area contributed by atoms with Crippen LogP contribution in [-0.4, -0.2) is 59.1 Å². The fourth-order valence-electron chi connectivity index (χ4n) is 4.26. The average Bonchev–Trinajstić information content (AvgIpc) is 2.79. The fourth-order valence-corrected chi connectivity index (χ4v) is 4.26. The topological polar surface area (TPSA) is 72.9 Å². The number of carbonyl (C=O) groups excluding carboxylic acids is 2. The van der Waals surface area contributed by atoms with Crippen LogP contribution in [0.5, 0.6) is 5.75 Å². The van der Waals surface area contributed by atoms with E-state index in [9.17, 15) is 14.7 Å². The SMILES string of the molecule is CN1C(=O)[C@H](N[C@H](C=O)Cc2ccc(O)cc2)N(C)C12CCCCC2. The summed E-state index contributed by atoms with van der Waals surface area (Å²) in [5.74, 6) is 0.230. The standard InChI is InChI=1S/C19H27N3O3/c1-21-17(18(25)22(2)19(21)10-4-3-5-11-19)20-15(13-23)12-14-6-8-16(24)9-7-14/h6-9,13,15,17,20,24H,3-5,10-12H2,1-2H3/t15-,17+/m0/s1. The number of rotatable bonds is 5. The van der Waals surface area contributed by atoms with E-state index in [0.717, 1.165) is 37.5 Å². The van der Waals surface area contributed by atoms with Crippen molar-refractivity contribution in [3.63, 3.8) is 0 Å². The monoisotopic (exact) mass is 345 g/mol. The molecule has 1 aliphatic heterocycles. The third-order valence-corrected chi connectivity index (χ3v) is 5.82. The lowest BCUT2D eigenvalue weighted by molar-refractivity contribution is -0.132. The maximum atomic E-state index is 12.8. The zero-order valence-corrected chi connectivity index (χ0v) is 14.9. The molecule has 1 aromatic rings. The normalized spacial score (nSPS) is 24.6. The van der Waals surface area contributed by atoms with Crippen molar-refractivity contribution < 1.29 is 14.7 Å². The van der Waals surface area contributed by atoms with Crippen molar-refractivity contribution in [1.29, 1.82) is 0 Å². The van der Waals surface area contributed by atoms with Crippen molar-refractivity contribution in [2.45, 2.75) is 56.4 Å². The van der Waals surface area contributed by atoms with Crippen LogP contribution < -0.4 is 5.32 Å². The Morgan fingerprint density at radius 2 is 1.88 bits per heavy atom. The van der Waals surface area contributed by atoms with Gasteiger partial charge in [0.1, 0.15) is 18.2 Å². The van der Waals surface area contributed by atoms with E-state index in [1.807, 2.05) is 19.0 Å². The first-order valence-electron chi connectivity index (χ1n) is 8.98. The van der Waals surface area contributed by atoms with Crippen molar-refractivity contribution in [2.24, 2.45) is 0 Å². The number of carbonyl (C=O) groups is 2. The molecule has 6 heteroatoms. The number of likely N-dealkylation sites (N-methyl/N-ethyl adjacent to an activating group) is 2. The second-order valence-corrected chi connectivity index (χ2v) is 7.23. The van der Waals surface area contributed by atoms with Crippen LogP contribution in [0.2, 0.25) is 0 Å². The van der Waals surface area contributed by atoms with Gasteiger partial charge in [0.25, 0.3) is 5.91 Å². The van der Waals surface area contributed by atoms with Crippen molar-refractivity contribution in [2.75, 3.05) is 14.1 Å². The molecule has 136 valence electrons. The molecule has 2 N–H and O–H groups in total. The molecule has 1 amide bonds. The van der Waals surface area contributed by atoms with Gasteiger partial charge in [-0.3, -0.25) is 15.0 Å². The van der Waals surface area contributed by atoms with Crippen LogP contribution >= 0.6 is 0 Å². The minimum absolute atomic E-state index is 0.0296. The lowest BCUT2D eigenvalue weighted by Gasteiger charge is -2.44. The van der Waals surface area contributed by atoms with E-state index in [2.05, 4.69) is 10.2 Å². The number of amides is 1. The van der Waals surface area contributed by atoms with Crippen molar-refractivity contribution in [3.05, 3.63) is 29.8 Å². The van der Waals surface area contributed by atoms with Crippen LogP contribution in [0.4, 0.5) is 0 Å². The molecule has 0 bridgehead atoms. The Hall–Kier alpha value is -1.92. The van der Waals surface area contributed by atoms with Crippen molar-refractivity contribution in [3.8, 4) is 5.75 Å². The molecule has 25 heavy (non-hydrogen) atoms. The lowest BCUT2D eigenvalue weighted by Crippen LogP contribution is -2.56. The highest BCUT2D eigenvalue weighted by atomic mass is 16.3. The summed E-state index contributed by atoms with van der Waals surface area (Å²) < 4.78 is 0. The summed E-state index contributed by atoms with van der Waals surface area (Å²) in [6.07, 6.45) is 6.29. The Bertz CT molecular complexity index is 625. The smallest absolute Gasteiger partial charge is 0.256 e. The number of aromatic hydroxyl groups is 1. The van der Waals surface area contributed by atoms with E-state index in [0.29, 0.717) is 6.42 Å². The van der Waals surface area contributed by atoms with E-state index in [-0.39, 0.29) is 17.3 Å². The summed E-state index contributed by atoms with van der Waals surface area (Å²) in [6.45, 7) is 0. The van der Waals surface area contributed by atoms with Gasteiger partial charge >= 0.3 is 0 Å². The van der Waals surface area contributed by atoms with Crippen LogP contribution in [0.1, 0.15) is 37.7 Å². The molecule has 1 aromatic carbocycles. The third kappa shape index (κ3) is 3.28. The van der Waals surface area contributed by atoms with Gasteiger partial charge in [-0.15, -0.1) is 0 Å². The van der Waals surface area contributed by atoms with E-state index in [1.165, 1.54) is 6.42 Å². The zero-order valence-electron chi connectivity index (χ0n) is 14.9. The zero-order chi connectivity index (χ0) is 18.0. The van der Waals surface area contributed by atoms with Crippen LogP contribution in [-0.2, 0) is 16.0 Å². The van der Waals surface area contributed by atoms with Gasteiger partial charge in [0, 0.05) is 7.05 Å². The summed E-state index contributed by atoms with van der Waals surface area (Å²) >= 11 is 0. The molecule has 0 aromatic heterocycles. The molecule has 1 heterocycles. The maximum absolute atomic E-state index is 12.8. The van der Waals surface area contributed by atoms with Gasteiger partial charge in [-0.1, -0.05) is 18.6 Å². The van der Waals surface area contributed by atoms with E-state index in [1.54, 1.807) is 24.3 Å². The number of aldehydes is 1. The molecule has 1 aliphatic carbocycles. The van der Waals surface area contributed by atoms with Gasteiger partial charge in [0.2, 0.25) is 0 Å². The molecule has 2 fully saturated rings. The molecule has 2 atom stereocenters. The fraction of sp³-hybridized carbons (Fsp3) is 0.579. The first-order chi connectivity index (χ1) is 12.0. The quantitative estimate of drug-likeness (QED) is 0.791. The Morgan fingerprint density at radius 1 is 1.24 bits per heavy atom. The molecular weight excluding hydrogens is 318 g/mol. The number of hydrogen-bond acceptors (Lipinski definition) is 5. The van der Waals surface area contributed by atoms with Gasteiger partial charge in [-0.25, -0.2) is 0 Å². The minimum atomic E-state index is -0.476. The molecule has 0 radical (unpaired) electrons. The highest BCUT2D eigenvalue weighted by Gasteiger charge is 2.53. The minimum Gasteiger partial charge on any atom is -0.508 e. The van der Waals surface area contributed by atoms with Crippen LogP contribution in [0.15, 0.2) is 24.3 Å². The predicted molar refractivity (Wildman–Crippen MR) is 94.9 cm³/mol. The first-order valence-corrected chi connectivity index (χ1v) is 8.98. The Morgan fingerprint density at radius 3 is 2.48 bits per heavy atom. The van der Waals surface area contributed by atoms with Gasteiger partial charge in [0.15, 0.2) is 0 Å². The van der Waals surface area contributed by atoms with Crippen molar-refractivity contribution in [1.82, 2.24) is 15.1 Å². The molecule has 1 spiro atoms. The molecule has 0 unspecified atom stereocenters. The summed E-state index contributed by atoms with van der Waals surface area (Å²) in [6, 6.07) is 6.35. The predicted octanol–water partition coefficient (Wildman–Crippen LogP) is 1.48. The van der Waals surface area contributed by atoms with Crippen molar-refractivity contribution >= 4 is 12.2 Å². The molecule has 2 aliphatic rings. The number of hydrogen-bond donors (Lipinski definition) is 2. The first kappa shape index (κ1) is 17.9. The summed E-state index contributed by atoms with van der Waals surface area (Å²) in [7, 11) is 3.86. The van der Waals surface area contributed by atoms with Crippen LogP contribution in [0.25, 0.3) is 0 Å². The molecule has 1 saturated heterocycles. The number of phenolic OH excluding ortho intramolecular Hbond substituents is 1. The van der Waals surface area contributed by atoms with E-state index < -0.39 is 12.2 Å². The second kappa shape index (κ2) is 7.14. The summed E-state index contributed by atoms with van der Waals surface area (Å²) in [5.41, 5.74) is 0.718. The molecule has 6 nitrogen and oxygen atoms in total.